The first-order valence-corrected chi connectivity index (χ1v) is 10.6. The molecule has 0 atom stereocenters. The van der Waals surface area contributed by atoms with Crippen LogP contribution in [0, 0.1) is 6.92 Å². The minimum absolute atomic E-state index is 0.120. The smallest absolute Gasteiger partial charge is 0.251 e. The van der Waals surface area contributed by atoms with Gasteiger partial charge < -0.3 is 9.88 Å². The minimum Gasteiger partial charge on any atom is -0.345 e. The first-order valence-electron chi connectivity index (χ1n) is 8.82. The molecule has 1 aromatic heterocycles. The standard InChI is InChI=1S/C20H20Cl2N4OS/c1-3-26-18(11-23-19(27)16-7-5-4-6-13(16)2)24-25-20(26)28-12-14-8-9-15(21)10-17(14)22/h4-10H,3,11-12H2,1-2H3,(H,23,27). The number of aromatic nitrogens is 3. The van der Waals surface area contributed by atoms with Gasteiger partial charge in [0, 0.05) is 27.9 Å². The predicted molar refractivity (Wildman–Crippen MR) is 114 cm³/mol. The second-order valence-electron chi connectivity index (χ2n) is 6.17. The average Bonchev–Trinajstić information content (AvgIpc) is 3.07. The lowest BCUT2D eigenvalue weighted by molar-refractivity contribution is 0.0949. The summed E-state index contributed by atoms with van der Waals surface area (Å²) in [6, 6.07) is 13.0. The number of carbonyl (C=O) groups is 1. The number of thioether (sulfide) groups is 1. The molecule has 3 aromatic rings. The Kier molecular flexibility index (Phi) is 6.99. The zero-order chi connectivity index (χ0) is 20.1. The molecule has 0 aliphatic heterocycles. The van der Waals surface area contributed by atoms with E-state index in [1.54, 1.807) is 17.8 Å². The zero-order valence-corrected chi connectivity index (χ0v) is 17.9. The van der Waals surface area contributed by atoms with Gasteiger partial charge in [0.1, 0.15) is 0 Å². The molecule has 1 amide bonds. The number of carbonyl (C=O) groups excluding carboxylic acids is 1. The number of nitrogens with zero attached hydrogens (tertiary/aromatic N) is 3. The maximum atomic E-state index is 12.4. The van der Waals surface area contributed by atoms with Crippen molar-refractivity contribution in [1.82, 2.24) is 20.1 Å². The third kappa shape index (κ3) is 4.87. The van der Waals surface area contributed by atoms with Crippen LogP contribution < -0.4 is 5.32 Å². The highest BCUT2D eigenvalue weighted by atomic mass is 35.5. The molecule has 0 bridgehead atoms. The van der Waals surface area contributed by atoms with Crippen molar-refractivity contribution in [3.63, 3.8) is 0 Å². The van der Waals surface area contributed by atoms with Gasteiger partial charge in [0.15, 0.2) is 11.0 Å². The highest BCUT2D eigenvalue weighted by molar-refractivity contribution is 7.98. The monoisotopic (exact) mass is 434 g/mol. The molecule has 2 aromatic carbocycles. The van der Waals surface area contributed by atoms with Crippen LogP contribution in [-0.4, -0.2) is 20.7 Å². The number of hydrogen-bond acceptors (Lipinski definition) is 4. The second-order valence-corrected chi connectivity index (χ2v) is 7.95. The van der Waals surface area contributed by atoms with E-state index in [2.05, 4.69) is 15.5 Å². The van der Waals surface area contributed by atoms with Gasteiger partial charge in [0.25, 0.3) is 5.91 Å². The van der Waals surface area contributed by atoms with E-state index < -0.39 is 0 Å². The van der Waals surface area contributed by atoms with Crippen molar-refractivity contribution in [2.24, 2.45) is 0 Å². The number of nitrogens with one attached hydrogen (secondary N) is 1. The van der Waals surface area contributed by atoms with Crippen molar-refractivity contribution in [2.45, 2.75) is 37.8 Å². The summed E-state index contributed by atoms with van der Waals surface area (Å²) in [7, 11) is 0. The third-order valence-corrected chi connectivity index (χ3v) is 5.88. The van der Waals surface area contributed by atoms with E-state index in [1.807, 2.05) is 54.8 Å². The second kappa shape index (κ2) is 9.45. The molecule has 1 heterocycles. The van der Waals surface area contributed by atoms with Crippen LogP contribution >= 0.6 is 35.0 Å². The number of aryl methyl sites for hydroxylation is 1. The lowest BCUT2D eigenvalue weighted by Gasteiger charge is -2.10. The number of benzene rings is 2. The molecule has 0 spiro atoms. The molecule has 1 N–H and O–H groups in total. The molecule has 146 valence electrons. The van der Waals surface area contributed by atoms with Crippen LogP contribution in [0.4, 0.5) is 0 Å². The Morgan fingerprint density at radius 2 is 1.96 bits per heavy atom. The predicted octanol–water partition coefficient (Wildman–Crippen LogP) is 5.14. The molecular weight excluding hydrogens is 415 g/mol. The van der Waals surface area contributed by atoms with Gasteiger partial charge in [-0.2, -0.15) is 0 Å². The number of rotatable bonds is 7. The van der Waals surface area contributed by atoms with E-state index in [0.717, 1.165) is 16.3 Å². The van der Waals surface area contributed by atoms with Crippen molar-refractivity contribution in [1.29, 1.82) is 0 Å². The molecular formula is C20H20Cl2N4OS. The summed E-state index contributed by atoms with van der Waals surface area (Å²) in [5.41, 5.74) is 2.58. The lowest BCUT2D eigenvalue weighted by Crippen LogP contribution is -2.25. The minimum atomic E-state index is -0.120. The molecule has 0 fully saturated rings. The molecule has 0 aliphatic rings. The van der Waals surface area contributed by atoms with Gasteiger partial charge in [0.2, 0.25) is 0 Å². The Balaban J connectivity index is 1.66. The first-order chi connectivity index (χ1) is 13.5. The number of hydrogen-bond donors (Lipinski definition) is 1. The van der Waals surface area contributed by atoms with Crippen LogP contribution in [0.15, 0.2) is 47.6 Å². The van der Waals surface area contributed by atoms with Crippen LogP contribution in [0.3, 0.4) is 0 Å². The van der Waals surface area contributed by atoms with Crippen molar-refractivity contribution in [3.05, 3.63) is 75.0 Å². The van der Waals surface area contributed by atoms with Crippen LogP contribution in [-0.2, 0) is 18.8 Å². The molecule has 0 radical (unpaired) electrons. The fourth-order valence-electron chi connectivity index (χ4n) is 2.74. The van der Waals surface area contributed by atoms with Gasteiger partial charge >= 0.3 is 0 Å². The van der Waals surface area contributed by atoms with Crippen LogP contribution in [0.25, 0.3) is 0 Å². The summed E-state index contributed by atoms with van der Waals surface area (Å²) in [5.74, 6) is 1.25. The number of amides is 1. The van der Waals surface area contributed by atoms with E-state index in [1.165, 1.54) is 0 Å². The van der Waals surface area contributed by atoms with Gasteiger partial charge in [-0.3, -0.25) is 4.79 Å². The van der Waals surface area contributed by atoms with Crippen molar-refractivity contribution >= 4 is 40.9 Å². The Labute approximate surface area is 178 Å². The number of halogens is 2. The van der Waals surface area contributed by atoms with Crippen LogP contribution in [0.2, 0.25) is 10.0 Å². The quantitative estimate of drug-likeness (QED) is 0.523. The maximum Gasteiger partial charge on any atom is 0.251 e. The van der Waals surface area contributed by atoms with Gasteiger partial charge in [-0.1, -0.05) is 59.2 Å². The van der Waals surface area contributed by atoms with Crippen LogP contribution in [0.5, 0.6) is 0 Å². The Morgan fingerprint density at radius 1 is 1.18 bits per heavy atom. The van der Waals surface area contributed by atoms with Gasteiger partial charge in [-0.15, -0.1) is 10.2 Å². The van der Waals surface area contributed by atoms with Gasteiger partial charge in [0.05, 0.1) is 6.54 Å². The highest BCUT2D eigenvalue weighted by Crippen LogP contribution is 2.28. The molecule has 0 aliphatic carbocycles. The zero-order valence-electron chi connectivity index (χ0n) is 15.6. The fraction of sp³-hybridized carbons (Fsp3) is 0.250. The Bertz CT molecular complexity index is 990. The van der Waals surface area contributed by atoms with Gasteiger partial charge in [-0.25, -0.2) is 0 Å². The molecule has 0 saturated heterocycles. The largest absolute Gasteiger partial charge is 0.345 e. The summed E-state index contributed by atoms with van der Waals surface area (Å²) in [6.45, 7) is 4.96. The average molecular weight is 435 g/mol. The lowest BCUT2D eigenvalue weighted by atomic mass is 10.1. The Hall–Kier alpha value is -2.02. The molecule has 28 heavy (non-hydrogen) atoms. The summed E-state index contributed by atoms with van der Waals surface area (Å²) >= 11 is 13.7. The van der Waals surface area contributed by atoms with Crippen molar-refractivity contribution in [2.75, 3.05) is 0 Å². The normalized spacial score (nSPS) is 10.9. The van der Waals surface area contributed by atoms with Crippen molar-refractivity contribution in [3.8, 4) is 0 Å². The summed E-state index contributed by atoms with van der Waals surface area (Å²) in [6.07, 6.45) is 0. The maximum absolute atomic E-state index is 12.4. The molecule has 0 unspecified atom stereocenters. The summed E-state index contributed by atoms with van der Waals surface area (Å²) < 4.78 is 1.99. The molecule has 8 heteroatoms. The summed E-state index contributed by atoms with van der Waals surface area (Å²) in [5, 5.41) is 13.5. The fourth-order valence-corrected chi connectivity index (χ4v) is 4.32. The van der Waals surface area contributed by atoms with Gasteiger partial charge in [-0.05, 0) is 43.2 Å². The SMILES string of the molecule is CCn1c(CNC(=O)c2ccccc2C)nnc1SCc1ccc(Cl)cc1Cl. The van der Waals surface area contributed by atoms with E-state index >= 15 is 0 Å². The topological polar surface area (TPSA) is 59.8 Å². The van der Waals surface area contributed by atoms with E-state index in [4.69, 9.17) is 23.2 Å². The summed E-state index contributed by atoms with van der Waals surface area (Å²) in [4.78, 5) is 12.4. The first kappa shape index (κ1) is 20.7. The van der Waals surface area contributed by atoms with Crippen molar-refractivity contribution < 1.29 is 4.79 Å². The van der Waals surface area contributed by atoms with E-state index in [0.29, 0.717) is 40.3 Å². The molecule has 3 rings (SSSR count). The Morgan fingerprint density at radius 3 is 2.68 bits per heavy atom. The van der Waals surface area contributed by atoms with E-state index in [-0.39, 0.29) is 5.91 Å². The van der Waals surface area contributed by atoms with E-state index in [9.17, 15) is 4.79 Å². The molecule has 0 saturated carbocycles. The van der Waals surface area contributed by atoms with Crippen LogP contribution in [0.1, 0.15) is 34.2 Å². The highest BCUT2D eigenvalue weighted by Gasteiger charge is 2.14. The third-order valence-electron chi connectivity index (χ3n) is 4.28. The molecule has 5 nitrogen and oxygen atoms in total.